The molecule has 0 unspecified atom stereocenters. The number of carbonyl (C=O) groups excluding carboxylic acids is 3. The molecule has 0 spiro atoms. The Labute approximate surface area is 211 Å². The van der Waals surface area contributed by atoms with Crippen molar-refractivity contribution in [2.24, 2.45) is 0 Å². The number of hydrogen-bond acceptors (Lipinski definition) is 5. The number of furan rings is 1. The third-order valence-corrected chi connectivity index (χ3v) is 6.46. The molecular weight excluding hydrogens is 456 g/mol. The molecule has 188 valence electrons. The van der Waals surface area contributed by atoms with Crippen LogP contribution in [0.2, 0.25) is 0 Å². The van der Waals surface area contributed by atoms with E-state index < -0.39 is 17.9 Å². The lowest BCUT2D eigenvalue weighted by Crippen LogP contribution is -2.49. The third kappa shape index (κ3) is 6.00. The Morgan fingerprint density at radius 2 is 1.78 bits per heavy atom. The van der Waals surface area contributed by atoms with Gasteiger partial charge in [-0.2, -0.15) is 0 Å². The summed E-state index contributed by atoms with van der Waals surface area (Å²) in [6.45, 7) is 3.88. The lowest BCUT2D eigenvalue weighted by molar-refractivity contribution is -0.126. The minimum Gasteiger partial charge on any atom is -0.459 e. The monoisotopic (exact) mass is 488 g/mol. The molecule has 1 aliphatic carbocycles. The molecule has 0 saturated heterocycles. The Balaban J connectivity index is 1.67. The standard InChI is InChI=1S/C28H32N4O4/c1-19(2)20-11-13-23(14-12-20)32(25(33)18-30-27(34)24-10-6-16-36-24)26(21-7-5-15-29-17-21)28(35)31-22-8-3-4-9-22/h5-7,10-17,19,22,26H,3-4,8-9,18H2,1-2H3,(H,30,34)(H,31,35)/t26-/m1/s1. The minimum atomic E-state index is -0.947. The highest BCUT2D eigenvalue weighted by Crippen LogP contribution is 2.30. The molecule has 0 radical (unpaired) electrons. The van der Waals surface area contributed by atoms with Crippen molar-refractivity contribution in [1.29, 1.82) is 0 Å². The average Bonchev–Trinajstić information content (AvgIpc) is 3.61. The fourth-order valence-electron chi connectivity index (χ4n) is 4.50. The first-order chi connectivity index (χ1) is 17.4. The topological polar surface area (TPSA) is 105 Å². The molecule has 3 aromatic rings. The molecule has 8 heteroatoms. The molecule has 36 heavy (non-hydrogen) atoms. The summed E-state index contributed by atoms with van der Waals surface area (Å²) >= 11 is 0. The van der Waals surface area contributed by atoms with Crippen molar-refractivity contribution in [2.45, 2.75) is 57.5 Å². The van der Waals surface area contributed by atoms with Gasteiger partial charge < -0.3 is 15.1 Å². The smallest absolute Gasteiger partial charge is 0.287 e. The molecule has 2 aromatic heterocycles. The maximum atomic E-state index is 13.7. The van der Waals surface area contributed by atoms with Gasteiger partial charge in [-0.15, -0.1) is 0 Å². The van der Waals surface area contributed by atoms with Gasteiger partial charge in [0.25, 0.3) is 5.91 Å². The molecule has 0 aliphatic heterocycles. The molecule has 3 amide bonds. The molecule has 0 bridgehead atoms. The number of nitrogens with zero attached hydrogens (tertiary/aromatic N) is 2. The van der Waals surface area contributed by atoms with Gasteiger partial charge in [-0.25, -0.2) is 0 Å². The summed E-state index contributed by atoms with van der Waals surface area (Å²) in [7, 11) is 0. The fraction of sp³-hybridized carbons (Fsp3) is 0.357. The summed E-state index contributed by atoms with van der Waals surface area (Å²) in [5.41, 5.74) is 2.27. The Morgan fingerprint density at radius 1 is 1.03 bits per heavy atom. The summed E-state index contributed by atoms with van der Waals surface area (Å²) in [5.74, 6) is -0.776. The van der Waals surface area contributed by atoms with Crippen molar-refractivity contribution in [3.05, 3.63) is 84.1 Å². The van der Waals surface area contributed by atoms with E-state index in [0.717, 1.165) is 31.2 Å². The van der Waals surface area contributed by atoms with E-state index in [1.807, 2.05) is 24.3 Å². The highest BCUT2D eigenvalue weighted by molar-refractivity contribution is 6.04. The number of carbonyl (C=O) groups is 3. The van der Waals surface area contributed by atoms with Crippen LogP contribution in [0.25, 0.3) is 0 Å². The van der Waals surface area contributed by atoms with Crippen LogP contribution in [0.4, 0.5) is 5.69 Å². The summed E-state index contributed by atoms with van der Waals surface area (Å²) in [4.78, 5) is 45.4. The number of benzene rings is 1. The number of nitrogens with one attached hydrogen (secondary N) is 2. The Kier molecular flexibility index (Phi) is 8.15. The minimum absolute atomic E-state index is 0.0793. The summed E-state index contributed by atoms with van der Waals surface area (Å²) in [5, 5.41) is 5.75. The van der Waals surface area contributed by atoms with Gasteiger partial charge in [-0.05, 0) is 54.7 Å². The predicted molar refractivity (Wildman–Crippen MR) is 136 cm³/mol. The summed E-state index contributed by atoms with van der Waals surface area (Å²) < 4.78 is 5.13. The van der Waals surface area contributed by atoms with Crippen LogP contribution in [-0.2, 0) is 9.59 Å². The molecule has 1 atom stereocenters. The first-order valence-electron chi connectivity index (χ1n) is 12.4. The quantitative estimate of drug-likeness (QED) is 0.466. The molecule has 2 N–H and O–H groups in total. The second-order valence-corrected chi connectivity index (χ2v) is 9.35. The second kappa shape index (κ2) is 11.7. The number of anilines is 1. The van der Waals surface area contributed by atoms with Crippen molar-refractivity contribution < 1.29 is 18.8 Å². The van der Waals surface area contributed by atoms with Crippen LogP contribution in [0.3, 0.4) is 0 Å². The summed E-state index contributed by atoms with van der Waals surface area (Å²) in [6.07, 6.45) is 8.60. The van der Waals surface area contributed by atoms with E-state index in [9.17, 15) is 14.4 Å². The zero-order valence-corrected chi connectivity index (χ0v) is 20.6. The van der Waals surface area contributed by atoms with Crippen molar-refractivity contribution in [3.8, 4) is 0 Å². The van der Waals surface area contributed by atoms with Gasteiger partial charge in [0.05, 0.1) is 12.8 Å². The number of amides is 3. The Bertz CT molecular complexity index is 1150. The van der Waals surface area contributed by atoms with Crippen molar-refractivity contribution in [3.63, 3.8) is 0 Å². The number of rotatable bonds is 9. The van der Waals surface area contributed by atoms with E-state index in [2.05, 4.69) is 29.5 Å². The van der Waals surface area contributed by atoms with E-state index in [-0.39, 0.29) is 24.3 Å². The maximum Gasteiger partial charge on any atom is 0.287 e. The number of hydrogen-bond donors (Lipinski definition) is 2. The van der Waals surface area contributed by atoms with E-state index in [4.69, 9.17) is 4.42 Å². The van der Waals surface area contributed by atoms with Gasteiger partial charge in [0, 0.05) is 29.7 Å². The number of aromatic nitrogens is 1. The van der Waals surface area contributed by atoms with Crippen molar-refractivity contribution in [1.82, 2.24) is 15.6 Å². The maximum absolute atomic E-state index is 13.7. The van der Waals surface area contributed by atoms with E-state index >= 15 is 0 Å². The normalized spacial score (nSPS) is 14.4. The first kappa shape index (κ1) is 25.2. The van der Waals surface area contributed by atoms with Crippen LogP contribution in [0.5, 0.6) is 0 Å². The highest BCUT2D eigenvalue weighted by atomic mass is 16.3. The largest absolute Gasteiger partial charge is 0.459 e. The van der Waals surface area contributed by atoms with Gasteiger partial charge in [-0.1, -0.05) is 44.9 Å². The Morgan fingerprint density at radius 3 is 2.39 bits per heavy atom. The van der Waals surface area contributed by atoms with Crippen LogP contribution >= 0.6 is 0 Å². The van der Waals surface area contributed by atoms with E-state index in [0.29, 0.717) is 17.2 Å². The molecule has 2 heterocycles. The summed E-state index contributed by atoms with van der Waals surface area (Å²) in [6, 6.07) is 13.4. The van der Waals surface area contributed by atoms with Crippen LogP contribution in [0.15, 0.2) is 71.6 Å². The highest BCUT2D eigenvalue weighted by Gasteiger charge is 2.34. The molecular formula is C28H32N4O4. The van der Waals surface area contributed by atoms with Crippen LogP contribution in [-0.4, -0.2) is 35.3 Å². The first-order valence-corrected chi connectivity index (χ1v) is 12.4. The predicted octanol–water partition coefficient (Wildman–Crippen LogP) is 4.36. The average molecular weight is 489 g/mol. The van der Waals surface area contributed by atoms with Crippen molar-refractivity contribution in [2.75, 3.05) is 11.4 Å². The number of pyridine rings is 1. The van der Waals surface area contributed by atoms with Gasteiger partial charge in [0.2, 0.25) is 11.8 Å². The van der Waals surface area contributed by atoms with E-state index in [1.165, 1.54) is 17.2 Å². The van der Waals surface area contributed by atoms with Crippen LogP contribution in [0.1, 0.15) is 73.2 Å². The lowest BCUT2D eigenvalue weighted by Gasteiger charge is -2.32. The van der Waals surface area contributed by atoms with Gasteiger partial charge in [0.15, 0.2) is 5.76 Å². The van der Waals surface area contributed by atoms with Crippen LogP contribution < -0.4 is 15.5 Å². The zero-order chi connectivity index (χ0) is 25.5. The van der Waals surface area contributed by atoms with Crippen LogP contribution in [0, 0.1) is 0 Å². The fourth-order valence-corrected chi connectivity index (χ4v) is 4.50. The SMILES string of the molecule is CC(C)c1ccc(N(C(=O)CNC(=O)c2ccco2)[C@@H](C(=O)NC2CCCC2)c2cccnc2)cc1. The molecule has 4 rings (SSSR count). The zero-order valence-electron chi connectivity index (χ0n) is 20.6. The Hall–Kier alpha value is -3.94. The van der Waals surface area contributed by atoms with Gasteiger partial charge in [-0.3, -0.25) is 24.3 Å². The van der Waals surface area contributed by atoms with Gasteiger partial charge in [0.1, 0.15) is 6.04 Å². The second-order valence-electron chi connectivity index (χ2n) is 9.35. The van der Waals surface area contributed by atoms with E-state index in [1.54, 1.807) is 30.6 Å². The van der Waals surface area contributed by atoms with Crippen molar-refractivity contribution >= 4 is 23.4 Å². The molecule has 1 aromatic carbocycles. The lowest BCUT2D eigenvalue weighted by atomic mass is 10.0. The third-order valence-electron chi connectivity index (χ3n) is 6.46. The molecule has 8 nitrogen and oxygen atoms in total. The molecule has 1 fully saturated rings. The molecule has 1 aliphatic rings. The van der Waals surface area contributed by atoms with Gasteiger partial charge >= 0.3 is 0 Å². The molecule has 1 saturated carbocycles.